The number of anilines is 1. The van der Waals surface area contributed by atoms with Crippen LogP contribution in [0.3, 0.4) is 0 Å². The Bertz CT molecular complexity index is 1100. The van der Waals surface area contributed by atoms with Crippen LogP contribution in [0.1, 0.15) is 0 Å². The number of hydrogen-bond donors (Lipinski definition) is 0. The van der Waals surface area contributed by atoms with E-state index >= 15 is 0 Å². The zero-order valence-corrected chi connectivity index (χ0v) is 16.8. The van der Waals surface area contributed by atoms with Gasteiger partial charge < -0.3 is 4.90 Å². The number of fused-ring (bicyclic) bond motifs is 3. The van der Waals surface area contributed by atoms with Crippen LogP contribution in [0.5, 0.6) is 0 Å². The van der Waals surface area contributed by atoms with Crippen LogP contribution in [0, 0.1) is 0 Å². The van der Waals surface area contributed by atoms with Gasteiger partial charge in [-0.05, 0) is 35.0 Å². The Labute approximate surface area is 173 Å². The van der Waals surface area contributed by atoms with Gasteiger partial charge in [0.1, 0.15) is 0 Å². The van der Waals surface area contributed by atoms with E-state index < -0.39 is 0 Å². The fraction of sp³-hybridized carbons (Fsp3) is 0.125. The first-order chi connectivity index (χ1) is 13.8. The van der Waals surface area contributed by atoms with Crippen molar-refractivity contribution in [1.29, 1.82) is 0 Å². The Kier molecular flexibility index (Phi) is 4.75. The molecule has 0 N–H and O–H groups in total. The third-order valence-corrected chi connectivity index (χ3v) is 7.38. The molecule has 0 aromatic heterocycles. The van der Waals surface area contributed by atoms with Crippen molar-refractivity contribution in [2.24, 2.45) is 0 Å². The topological polar surface area (TPSA) is 20.3 Å². The molecule has 4 heteroatoms. The van der Waals surface area contributed by atoms with Crippen LogP contribution in [0.25, 0.3) is 10.8 Å². The molecule has 1 aliphatic carbocycles. The number of carbonyl (C=O) groups excluding carboxylic acids is 1. The van der Waals surface area contributed by atoms with Gasteiger partial charge >= 0.3 is 0 Å². The van der Waals surface area contributed by atoms with Crippen molar-refractivity contribution in [3.63, 3.8) is 0 Å². The van der Waals surface area contributed by atoms with Gasteiger partial charge in [-0.2, -0.15) is 0 Å². The highest BCUT2D eigenvalue weighted by molar-refractivity contribution is 8.00. The minimum Gasteiger partial charge on any atom is -0.302 e. The average Bonchev–Trinajstić information content (AvgIpc) is 2.75. The Hall–Kier alpha value is -2.43. The van der Waals surface area contributed by atoms with E-state index in [9.17, 15) is 4.79 Å². The normalized spacial score (nSPS) is 20.1. The minimum absolute atomic E-state index is 0.0783. The molecule has 2 atom stereocenters. The summed E-state index contributed by atoms with van der Waals surface area (Å²) in [4.78, 5) is 17.6. The molecule has 2 nitrogen and oxygen atoms in total. The average molecular weight is 402 g/mol. The molecular weight excluding hydrogens is 382 g/mol. The smallest absolute Gasteiger partial charge is 0.237 e. The van der Waals surface area contributed by atoms with E-state index in [4.69, 9.17) is 0 Å². The maximum absolute atomic E-state index is 13.3. The quantitative estimate of drug-likeness (QED) is 0.507. The summed E-state index contributed by atoms with van der Waals surface area (Å²) in [6.45, 7) is 0. The molecule has 0 unspecified atom stereocenters. The second-order valence-corrected chi connectivity index (χ2v) is 9.14. The molecule has 1 aliphatic heterocycles. The highest BCUT2D eigenvalue weighted by atomic mass is 32.2. The molecule has 0 saturated heterocycles. The first kappa shape index (κ1) is 17.7. The summed E-state index contributed by atoms with van der Waals surface area (Å²) in [5.74, 6) is 0.582. The van der Waals surface area contributed by atoms with Crippen molar-refractivity contribution in [2.45, 2.75) is 21.1 Å². The fourth-order valence-electron chi connectivity index (χ4n) is 3.75. The van der Waals surface area contributed by atoms with Crippen molar-refractivity contribution in [1.82, 2.24) is 0 Å². The first-order valence-electron chi connectivity index (χ1n) is 9.34. The van der Waals surface area contributed by atoms with Gasteiger partial charge in [-0.3, -0.25) is 4.79 Å². The lowest BCUT2D eigenvalue weighted by Crippen LogP contribution is -2.48. The second kappa shape index (κ2) is 7.53. The van der Waals surface area contributed by atoms with Crippen LogP contribution in [-0.4, -0.2) is 23.0 Å². The van der Waals surface area contributed by atoms with Crippen LogP contribution in [0.2, 0.25) is 0 Å². The van der Waals surface area contributed by atoms with E-state index in [1.54, 1.807) is 11.8 Å². The molecule has 1 amide bonds. The molecule has 0 fully saturated rings. The zero-order valence-electron chi connectivity index (χ0n) is 15.2. The third kappa shape index (κ3) is 3.27. The minimum atomic E-state index is 0.0783. The molecule has 5 rings (SSSR count). The van der Waals surface area contributed by atoms with Gasteiger partial charge in [0.05, 0.1) is 22.7 Å². The van der Waals surface area contributed by atoms with Crippen molar-refractivity contribution < 1.29 is 4.79 Å². The largest absolute Gasteiger partial charge is 0.302 e. The molecule has 28 heavy (non-hydrogen) atoms. The van der Waals surface area contributed by atoms with Gasteiger partial charge in [0.15, 0.2) is 0 Å². The van der Waals surface area contributed by atoms with E-state index in [1.165, 1.54) is 15.7 Å². The maximum Gasteiger partial charge on any atom is 0.237 e. The number of allylic oxidation sites excluding steroid dienone is 2. The number of para-hydroxylation sites is 1. The van der Waals surface area contributed by atoms with Gasteiger partial charge in [0.25, 0.3) is 0 Å². The highest BCUT2D eigenvalue weighted by Gasteiger charge is 2.36. The maximum atomic E-state index is 13.3. The molecule has 3 aromatic carbocycles. The first-order valence-corrected chi connectivity index (χ1v) is 11.2. The van der Waals surface area contributed by atoms with Crippen molar-refractivity contribution in [3.8, 4) is 0 Å². The Morgan fingerprint density at radius 2 is 1.71 bits per heavy atom. The number of benzene rings is 3. The molecule has 138 valence electrons. The summed E-state index contributed by atoms with van der Waals surface area (Å²) in [5, 5.41) is 2.71. The zero-order chi connectivity index (χ0) is 18.9. The molecule has 0 spiro atoms. The third-order valence-electron chi connectivity index (χ3n) is 5.09. The lowest BCUT2D eigenvalue weighted by atomic mass is 10.0. The standard InChI is InChI=1S/C24H19NOS2/c26-24(16-27-19-14-13-17-7-1-2-8-18(17)15-19)25-20-9-3-5-11-22(20)28-23-12-6-4-10-21(23)25/h1-15,20,22H,16H2/t20-,22-/m1/s1. The van der Waals surface area contributed by atoms with E-state index in [0.29, 0.717) is 5.75 Å². The molecule has 2 aliphatic rings. The van der Waals surface area contributed by atoms with Crippen LogP contribution < -0.4 is 4.90 Å². The lowest BCUT2D eigenvalue weighted by Gasteiger charge is -2.40. The summed E-state index contributed by atoms with van der Waals surface area (Å²) >= 11 is 3.45. The summed E-state index contributed by atoms with van der Waals surface area (Å²) in [6, 6.07) is 23.0. The fourth-order valence-corrected chi connectivity index (χ4v) is 5.81. The monoisotopic (exact) mass is 401 g/mol. The summed E-state index contributed by atoms with van der Waals surface area (Å²) < 4.78 is 0. The van der Waals surface area contributed by atoms with Crippen molar-refractivity contribution in [3.05, 3.63) is 91.0 Å². The van der Waals surface area contributed by atoms with Crippen LogP contribution in [-0.2, 0) is 4.79 Å². The summed E-state index contributed by atoms with van der Waals surface area (Å²) in [7, 11) is 0. The van der Waals surface area contributed by atoms with E-state index in [0.717, 1.165) is 10.6 Å². The molecular formula is C24H19NOS2. The number of thioether (sulfide) groups is 2. The van der Waals surface area contributed by atoms with Gasteiger partial charge in [-0.25, -0.2) is 0 Å². The molecule has 0 radical (unpaired) electrons. The number of nitrogens with zero attached hydrogens (tertiary/aromatic N) is 1. The molecule has 0 saturated carbocycles. The van der Waals surface area contributed by atoms with Gasteiger partial charge in [0.2, 0.25) is 5.91 Å². The van der Waals surface area contributed by atoms with E-state index in [1.807, 2.05) is 47.0 Å². The van der Waals surface area contributed by atoms with Crippen LogP contribution in [0.4, 0.5) is 5.69 Å². The van der Waals surface area contributed by atoms with Crippen LogP contribution >= 0.6 is 23.5 Å². The van der Waals surface area contributed by atoms with E-state index in [-0.39, 0.29) is 17.2 Å². The second-order valence-electron chi connectivity index (χ2n) is 6.87. The Balaban J connectivity index is 1.40. The van der Waals surface area contributed by atoms with Crippen molar-refractivity contribution >= 4 is 45.9 Å². The van der Waals surface area contributed by atoms with Gasteiger partial charge in [-0.1, -0.05) is 66.8 Å². The SMILES string of the molecule is O=C(CSc1ccc2ccccc2c1)N1c2ccccc2S[C@@H]2C=CC=C[C@H]21. The predicted molar refractivity (Wildman–Crippen MR) is 120 cm³/mol. The predicted octanol–water partition coefficient (Wildman–Crippen LogP) is 5.93. The molecule has 3 aromatic rings. The lowest BCUT2D eigenvalue weighted by molar-refractivity contribution is -0.116. The van der Waals surface area contributed by atoms with E-state index in [2.05, 4.69) is 60.7 Å². The summed E-state index contributed by atoms with van der Waals surface area (Å²) in [5.41, 5.74) is 1.03. The van der Waals surface area contributed by atoms with Gasteiger partial charge in [0, 0.05) is 9.79 Å². The van der Waals surface area contributed by atoms with Crippen molar-refractivity contribution in [2.75, 3.05) is 10.7 Å². The number of rotatable bonds is 3. The Morgan fingerprint density at radius 1 is 0.929 bits per heavy atom. The van der Waals surface area contributed by atoms with Crippen LogP contribution in [0.15, 0.2) is 101 Å². The number of hydrogen-bond acceptors (Lipinski definition) is 3. The molecule has 0 bridgehead atoms. The highest BCUT2D eigenvalue weighted by Crippen LogP contribution is 2.43. The number of amides is 1. The summed E-state index contributed by atoms with van der Waals surface area (Å²) in [6.07, 6.45) is 8.47. The Morgan fingerprint density at radius 3 is 2.64 bits per heavy atom. The number of carbonyl (C=O) groups is 1. The molecule has 1 heterocycles. The van der Waals surface area contributed by atoms with Gasteiger partial charge in [-0.15, -0.1) is 23.5 Å².